The Bertz CT molecular complexity index is 775. The van der Waals surface area contributed by atoms with Gasteiger partial charge in [0.15, 0.2) is 5.69 Å². The molecule has 0 spiro atoms. The lowest BCUT2D eigenvalue weighted by Crippen LogP contribution is -2.42. The summed E-state index contributed by atoms with van der Waals surface area (Å²) in [6.07, 6.45) is 5.36. The normalized spacial score (nSPS) is 15.9. The van der Waals surface area contributed by atoms with E-state index in [9.17, 15) is 9.59 Å². The fourth-order valence-corrected chi connectivity index (χ4v) is 4.45. The van der Waals surface area contributed by atoms with Crippen molar-refractivity contribution in [1.29, 1.82) is 0 Å². The van der Waals surface area contributed by atoms with Gasteiger partial charge in [0.25, 0.3) is 0 Å². The molecule has 7 heteroatoms. The molecule has 1 fully saturated rings. The van der Waals surface area contributed by atoms with Crippen molar-refractivity contribution < 1.29 is 14.3 Å². The number of carbonyl (C=O) groups is 2. The van der Waals surface area contributed by atoms with Gasteiger partial charge in [-0.1, -0.05) is 49.6 Å². The molecule has 2 aromatic rings. The van der Waals surface area contributed by atoms with E-state index in [0.717, 1.165) is 31.2 Å². The van der Waals surface area contributed by atoms with Gasteiger partial charge >= 0.3 is 5.97 Å². The predicted molar refractivity (Wildman–Crippen MR) is 106 cm³/mol. The van der Waals surface area contributed by atoms with Gasteiger partial charge in [-0.05, 0) is 18.4 Å². The van der Waals surface area contributed by atoms with Gasteiger partial charge in [0.1, 0.15) is 10.4 Å². The summed E-state index contributed by atoms with van der Waals surface area (Å²) in [4.78, 5) is 31.1. The Hall–Kier alpha value is -1.92. The molecule has 1 saturated carbocycles. The van der Waals surface area contributed by atoms with Crippen LogP contribution in [0.4, 0.5) is 0 Å². The number of nitrogens with zero attached hydrogens (tertiary/aromatic N) is 2. The van der Waals surface area contributed by atoms with E-state index in [2.05, 4.69) is 4.98 Å². The highest BCUT2D eigenvalue weighted by atomic mass is 35.5. The van der Waals surface area contributed by atoms with E-state index >= 15 is 0 Å². The third kappa shape index (κ3) is 4.87. The Morgan fingerprint density at radius 3 is 2.63 bits per heavy atom. The number of carbonyl (C=O) groups excluding carboxylic acids is 2. The van der Waals surface area contributed by atoms with Crippen molar-refractivity contribution in [3.8, 4) is 0 Å². The number of hydrogen-bond acceptors (Lipinski definition) is 5. The number of hydrogen-bond donors (Lipinski definition) is 0. The number of alkyl halides is 1. The quantitative estimate of drug-likeness (QED) is 0.520. The van der Waals surface area contributed by atoms with Gasteiger partial charge in [-0.3, -0.25) is 4.79 Å². The van der Waals surface area contributed by atoms with E-state index < -0.39 is 11.3 Å². The van der Waals surface area contributed by atoms with E-state index in [-0.39, 0.29) is 17.6 Å². The second-order valence-electron chi connectivity index (χ2n) is 6.65. The summed E-state index contributed by atoms with van der Waals surface area (Å²) in [6.45, 7) is 0.362. The van der Waals surface area contributed by atoms with Gasteiger partial charge in [-0.25, -0.2) is 9.78 Å². The average Bonchev–Trinajstić information content (AvgIpc) is 3.20. The minimum Gasteiger partial charge on any atom is -0.464 e. The number of amides is 1. The van der Waals surface area contributed by atoms with Gasteiger partial charge in [0, 0.05) is 11.4 Å². The third-order valence-corrected chi connectivity index (χ3v) is 6.13. The number of halogens is 1. The van der Waals surface area contributed by atoms with Crippen molar-refractivity contribution in [2.75, 3.05) is 7.11 Å². The van der Waals surface area contributed by atoms with Crippen LogP contribution in [-0.2, 0) is 16.1 Å². The Kier molecular flexibility index (Phi) is 6.85. The van der Waals surface area contributed by atoms with Gasteiger partial charge in [-0.2, -0.15) is 0 Å². The summed E-state index contributed by atoms with van der Waals surface area (Å²) < 4.78 is 4.72. The van der Waals surface area contributed by atoms with Crippen LogP contribution < -0.4 is 0 Å². The Morgan fingerprint density at radius 1 is 1.26 bits per heavy atom. The molecule has 0 N–H and O–H groups in total. The molecule has 3 rings (SSSR count). The zero-order chi connectivity index (χ0) is 19.2. The summed E-state index contributed by atoms with van der Waals surface area (Å²) >= 11 is 7.89. The van der Waals surface area contributed by atoms with Crippen molar-refractivity contribution >= 4 is 34.8 Å². The molecule has 0 bridgehead atoms. The summed E-state index contributed by atoms with van der Waals surface area (Å²) in [5.41, 5.74) is 1.07. The summed E-state index contributed by atoms with van der Waals surface area (Å²) in [7, 11) is 1.33. The molecule has 0 unspecified atom stereocenters. The van der Waals surface area contributed by atoms with Crippen LogP contribution in [0.3, 0.4) is 0 Å². The first-order chi connectivity index (χ1) is 13.1. The lowest BCUT2D eigenvalue weighted by Gasteiger charge is -2.35. The molecular weight excluding hydrogens is 384 g/mol. The third-order valence-electron chi connectivity index (χ3n) is 4.86. The summed E-state index contributed by atoms with van der Waals surface area (Å²) in [6, 6.07) is 9.56. The molecule has 1 aliphatic carbocycles. The van der Waals surface area contributed by atoms with Crippen LogP contribution in [0.15, 0.2) is 35.7 Å². The lowest BCUT2D eigenvalue weighted by molar-refractivity contribution is -0.134. The maximum atomic E-state index is 13.2. The van der Waals surface area contributed by atoms with Crippen LogP contribution in [0.5, 0.6) is 0 Å². The summed E-state index contributed by atoms with van der Waals surface area (Å²) in [5, 5.41) is 1.65. The molecule has 5 nitrogen and oxygen atoms in total. The van der Waals surface area contributed by atoms with Crippen LogP contribution >= 0.6 is 22.9 Å². The average molecular weight is 407 g/mol. The topological polar surface area (TPSA) is 59.5 Å². The molecule has 1 aliphatic rings. The van der Waals surface area contributed by atoms with Gasteiger partial charge in [-0.15, -0.1) is 22.9 Å². The van der Waals surface area contributed by atoms with Crippen molar-refractivity contribution in [3.05, 3.63) is 52.0 Å². The fourth-order valence-electron chi connectivity index (χ4n) is 3.42. The first kappa shape index (κ1) is 19.8. The van der Waals surface area contributed by atoms with Gasteiger partial charge in [0.2, 0.25) is 5.91 Å². The molecule has 27 heavy (non-hydrogen) atoms. The van der Waals surface area contributed by atoms with E-state index in [1.54, 1.807) is 5.38 Å². The first-order valence-electron chi connectivity index (χ1n) is 9.12. The molecule has 1 heterocycles. The predicted octanol–water partition coefficient (Wildman–Crippen LogP) is 4.57. The number of benzene rings is 1. The largest absolute Gasteiger partial charge is 0.464 e. The van der Waals surface area contributed by atoms with Crippen LogP contribution in [0, 0.1) is 0 Å². The van der Waals surface area contributed by atoms with Crippen molar-refractivity contribution in [3.63, 3.8) is 0 Å². The van der Waals surface area contributed by atoms with Crippen molar-refractivity contribution in [2.24, 2.45) is 0 Å². The van der Waals surface area contributed by atoms with E-state index in [1.165, 1.54) is 24.9 Å². The Balaban J connectivity index is 1.81. The van der Waals surface area contributed by atoms with Crippen LogP contribution in [-0.4, -0.2) is 34.9 Å². The number of methoxy groups -OCH3 is 1. The monoisotopic (exact) mass is 406 g/mol. The first-order valence-corrected chi connectivity index (χ1v) is 10.4. The standard InChI is InChI=1S/C20H23ClN2O3S/c1-26-20(25)16-13-27-17(22-16)12-23(15-10-6-3-7-11-15)19(24)18(21)14-8-4-2-5-9-14/h2,4-5,8-9,13,15,18H,3,6-7,10-12H2,1H3/t18-/m0/s1. The molecule has 1 aromatic heterocycles. The summed E-state index contributed by atoms with van der Waals surface area (Å²) in [5.74, 6) is -0.572. The number of rotatable bonds is 6. The lowest BCUT2D eigenvalue weighted by atomic mass is 9.93. The molecule has 0 radical (unpaired) electrons. The minimum atomic E-state index is -0.729. The Morgan fingerprint density at radius 2 is 1.96 bits per heavy atom. The number of thiazole rings is 1. The number of aromatic nitrogens is 1. The number of ether oxygens (including phenoxy) is 1. The minimum absolute atomic E-state index is 0.107. The maximum absolute atomic E-state index is 13.2. The molecule has 1 atom stereocenters. The zero-order valence-electron chi connectivity index (χ0n) is 15.3. The molecule has 144 valence electrons. The smallest absolute Gasteiger partial charge is 0.357 e. The SMILES string of the molecule is COC(=O)c1csc(CN(C(=O)[C@@H](Cl)c2ccccc2)C2CCCCC2)n1. The number of esters is 1. The van der Waals surface area contributed by atoms with Crippen LogP contribution in [0.1, 0.15) is 58.5 Å². The second-order valence-corrected chi connectivity index (χ2v) is 8.03. The molecule has 1 aromatic carbocycles. The van der Waals surface area contributed by atoms with E-state index in [0.29, 0.717) is 11.6 Å². The highest BCUT2D eigenvalue weighted by Gasteiger charge is 2.31. The highest BCUT2D eigenvalue weighted by molar-refractivity contribution is 7.09. The van der Waals surface area contributed by atoms with Gasteiger partial charge < -0.3 is 9.64 Å². The van der Waals surface area contributed by atoms with Gasteiger partial charge in [0.05, 0.1) is 13.7 Å². The zero-order valence-corrected chi connectivity index (χ0v) is 16.8. The molecule has 0 saturated heterocycles. The molecule has 0 aliphatic heterocycles. The highest BCUT2D eigenvalue weighted by Crippen LogP contribution is 2.30. The molecular formula is C20H23ClN2O3S. The van der Waals surface area contributed by atoms with Crippen molar-refractivity contribution in [2.45, 2.75) is 50.1 Å². The van der Waals surface area contributed by atoms with E-state index in [4.69, 9.17) is 16.3 Å². The van der Waals surface area contributed by atoms with Crippen LogP contribution in [0.2, 0.25) is 0 Å². The van der Waals surface area contributed by atoms with E-state index in [1.807, 2.05) is 35.2 Å². The Labute approximate surface area is 168 Å². The van der Waals surface area contributed by atoms with Crippen molar-refractivity contribution in [1.82, 2.24) is 9.88 Å². The molecule has 1 amide bonds. The second kappa shape index (κ2) is 9.33. The maximum Gasteiger partial charge on any atom is 0.357 e. The fraction of sp³-hybridized carbons (Fsp3) is 0.450. The van der Waals surface area contributed by atoms with Crippen LogP contribution in [0.25, 0.3) is 0 Å².